The summed E-state index contributed by atoms with van der Waals surface area (Å²) in [5, 5.41) is 0.762. The second-order valence-electron chi connectivity index (χ2n) is 2.94. The van der Waals surface area contributed by atoms with Crippen molar-refractivity contribution in [1.29, 1.82) is 0 Å². The van der Waals surface area contributed by atoms with Crippen LogP contribution in [0.3, 0.4) is 0 Å². The Morgan fingerprint density at radius 3 is 2.60 bits per heavy atom. The van der Waals surface area contributed by atoms with Crippen LogP contribution in [0.15, 0.2) is 0 Å². The summed E-state index contributed by atoms with van der Waals surface area (Å²) in [6.07, 6.45) is 1.17. The van der Waals surface area contributed by atoms with Crippen LogP contribution < -0.4 is 4.72 Å². The number of esters is 1. The maximum absolute atomic E-state index is 11.3. The summed E-state index contributed by atoms with van der Waals surface area (Å²) in [5.41, 5.74) is 0. The highest BCUT2D eigenvalue weighted by molar-refractivity contribution is 9.09. The van der Waals surface area contributed by atoms with E-state index in [4.69, 9.17) is 0 Å². The van der Waals surface area contributed by atoms with Crippen LogP contribution in [0.25, 0.3) is 0 Å². The maximum Gasteiger partial charge on any atom is 0.305 e. The molecule has 0 saturated carbocycles. The van der Waals surface area contributed by atoms with E-state index in [-0.39, 0.29) is 24.6 Å². The molecule has 0 heterocycles. The summed E-state index contributed by atoms with van der Waals surface area (Å²) in [4.78, 5) is 10.7. The lowest BCUT2D eigenvalue weighted by molar-refractivity contribution is -0.140. The van der Waals surface area contributed by atoms with Gasteiger partial charge in [0.05, 0.1) is 12.9 Å². The van der Waals surface area contributed by atoms with Crippen LogP contribution in [0, 0.1) is 0 Å². The highest BCUT2D eigenvalue weighted by Crippen LogP contribution is 1.97. The molecule has 0 aromatic carbocycles. The summed E-state index contributed by atoms with van der Waals surface area (Å²) < 4.78 is 29.4. The van der Waals surface area contributed by atoms with Gasteiger partial charge >= 0.3 is 5.97 Å². The molecule has 0 saturated heterocycles. The molecule has 0 aromatic rings. The molecule has 0 aliphatic heterocycles. The Balaban J connectivity index is 3.70. The average molecular weight is 302 g/mol. The van der Waals surface area contributed by atoms with E-state index in [1.807, 2.05) is 0 Å². The van der Waals surface area contributed by atoms with E-state index in [0.717, 1.165) is 11.8 Å². The van der Waals surface area contributed by atoms with E-state index in [1.165, 1.54) is 7.11 Å². The molecule has 7 heteroatoms. The minimum absolute atomic E-state index is 0.0373. The Labute approximate surface area is 98.7 Å². The van der Waals surface area contributed by atoms with Gasteiger partial charge in [-0.15, -0.1) is 0 Å². The third-order valence-electron chi connectivity index (χ3n) is 1.65. The molecule has 0 rings (SSSR count). The van der Waals surface area contributed by atoms with Crippen molar-refractivity contribution in [2.24, 2.45) is 0 Å². The van der Waals surface area contributed by atoms with Crippen LogP contribution in [0.4, 0.5) is 0 Å². The highest BCUT2D eigenvalue weighted by atomic mass is 79.9. The van der Waals surface area contributed by atoms with Crippen LogP contribution in [0.2, 0.25) is 0 Å². The van der Waals surface area contributed by atoms with Crippen molar-refractivity contribution < 1.29 is 17.9 Å². The van der Waals surface area contributed by atoms with Crippen molar-refractivity contribution in [3.8, 4) is 0 Å². The van der Waals surface area contributed by atoms with E-state index in [2.05, 4.69) is 25.4 Å². The quantitative estimate of drug-likeness (QED) is 0.406. The molecule has 0 fully saturated rings. The molecule has 0 amide bonds. The molecule has 0 radical (unpaired) electrons. The van der Waals surface area contributed by atoms with Gasteiger partial charge in [-0.1, -0.05) is 15.9 Å². The number of halogens is 1. The molecular formula is C8H16BrNO4S. The number of methoxy groups -OCH3 is 1. The molecule has 5 nitrogen and oxygen atoms in total. The van der Waals surface area contributed by atoms with Gasteiger partial charge in [0, 0.05) is 18.3 Å². The van der Waals surface area contributed by atoms with Crippen molar-refractivity contribution in [3.63, 3.8) is 0 Å². The Morgan fingerprint density at radius 1 is 1.40 bits per heavy atom. The topological polar surface area (TPSA) is 72.5 Å². The molecule has 0 aliphatic rings. The van der Waals surface area contributed by atoms with Crippen molar-refractivity contribution in [3.05, 3.63) is 0 Å². The summed E-state index contributed by atoms with van der Waals surface area (Å²) in [6.45, 7) is 0.422. The average Bonchev–Trinajstić information content (AvgIpc) is 2.17. The van der Waals surface area contributed by atoms with Gasteiger partial charge in [0.1, 0.15) is 0 Å². The van der Waals surface area contributed by atoms with E-state index in [1.54, 1.807) is 0 Å². The fraction of sp³-hybridized carbons (Fsp3) is 0.875. The normalized spacial score (nSPS) is 11.3. The van der Waals surface area contributed by atoms with E-state index in [9.17, 15) is 13.2 Å². The standard InChI is InChI=1S/C8H16BrNO4S/c1-14-8(11)4-2-7-15(12,13)10-6-3-5-9/h10H,2-7H2,1H3. The number of nitrogens with one attached hydrogen (secondary N) is 1. The van der Waals surface area contributed by atoms with Gasteiger partial charge in [-0.05, 0) is 12.8 Å². The Hall–Kier alpha value is -0.140. The minimum atomic E-state index is -3.24. The number of sulfonamides is 1. The number of carbonyl (C=O) groups is 1. The van der Waals surface area contributed by atoms with E-state index in [0.29, 0.717) is 6.54 Å². The van der Waals surface area contributed by atoms with Gasteiger partial charge in [0.25, 0.3) is 0 Å². The third-order valence-corrected chi connectivity index (χ3v) is 3.68. The van der Waals surface area contributed by atoms with Crippen molar-refractivity contribution in [1.82, 2.24) is 4.72 Å². The summed E-state index contributed by atoms with van der Waals surface area (Å²) in [6, 6.07) is 0. The number of alkyl halides is 1. The zero-order valence-electron chi connectivity index (χ0n) is 8.66. The molecule has 0 atom stereocenters. The van der Waals surface area contributed by atoms with E-state index >= 15 is 0 Å². The van der Waals surface area contributed by atoms with E-state index < -0.39 is 10.0 Å². The minimum Gasteiger partial charge on any atom is -0.469 e. The maximum atomic E-state index is 11.3. The lowest BCUT2D eigenvalue weighted by Crippen LogP contribution is -2.27. The van der Waals surface area contributed by atoms with Crippen LogP contribution in [-0.4, -0.2) is 39.1 Å². The molecular weight excluding hydrogens is 286 g/mol. The number of rotatable bonds is 8. The fourth-order valence-corrected chi connectivity index (χ4v) is 2.28. The SMILES string of the molecule is COC(=O)CCCS(=O)(=O)NCCCBr. The predicted molar refractivity (Wildman–Crippen MR) is 61.5 cm³/mol. The van der Waals surface area contributed by atoms with Gasteiger partial charge in [0.2, 0.25) is 10.0 Å². The smallest absolute Gasteiger partial charge is 0.305 e. The largest absolute Gasteiger partial charge is 0.469 e. The van der Waals surface area contributed by atoms with Crippen molar-refractivity contribution in [2.75, 3.05) is 24.7 Å². The molecule has 0 spiro atoms. The number of carbonyl (C=O) groups excluding carboxylic acids is 1. The molecule has 0 bridgehead atoms. The Morgan fingerprint density at radius 2 is 2.07 bits per heavy atom. The first-order valence-electron chi connectivity index (χ1n) is 4.62. The van der Waals surface area contributed by atoms with Gasteiger partial charge in [-0.2, -0.15) is 0 Å². The van der Waals surface area contributed by atoms with Gasteiger partial charge in [0.15, 0.2) is 0 Å². The van der Waals surface area contributed by atoms with Gasteiger partial charge in [-0.3, -0.25) is 4.79 Å². The second kappa shape index (κ2) is 8.06. The Bertz CT molecular complexity index is 278. The predicted octanol–water partition coefficient (Wildman–Crippen LogP) is 0.644. The molecule has 90 valence electrons. The zero-order chi connectivity index (χ0) is 11.7. The van der Waals surface area contributed by atoms with Gasteiger partial charge < -0.3 is 4.74 Å². The molecule has 0 unspecified atom stereocenters. The fourth-order valence-electron chi connectivity index (χ4n) is 0.875. The Kier molecular flexibility index (Phi) is 7.99. The monoisotopic (exact) mass is 301 g/mol. The first-order valence-corrected chi connectivity index (χ1v) is 7.39. The zero-order valence-corrected chi connectivity index (χ0v) is 11.1. The second-order valence-corrected chi connectivity index (χ2v) is 5.65. The number of hydrogen-bond donors (Lipinski definition) is 1. The summed E-state index contributed by atoms with van der Waals surface area (Å²) in [7, 11) is -1.95. The number of hydrogen-bond acceptors (Lipinski definition) is 4. The third kappa shape index (κ3) is 8.83. The lowest BCUT2D eigenvalue weighted by Gasteiger charge is -2.04. The lowest BCUT2D eigenvalue weighted by atomic mass is 10.3. The van der Waals surface area contributed by atoms with Crippen LogP contribution in [0.1, 0.15) is 19.3 Å². The van der Waals surface area contributed by atoms with Crippen molar-refractivity contribution in [2.45, 2.75) is 19.3 Å². The highest BCUT2D eigenvalue weighted by Gasteiger charge is 2.10. The molecule has 0 aromatic heterocycles. The van der Waals surface area contributed by atoms with Crippen LogP contribution in [0.5, 0.6) is 0 Å². The molecule has 1 N–H and O–H groups in total. The molecule has 0 aliphatic carbocycles. The van der Waals surface area contributed by atoms with Crippen molar-refractivity contribution >= 4 is 31.9 Å². The molecule has 15 heavy (non-hydrogen) atoms. The summed E-state index contributed by atoms with van der Waals surface area (Å²) >= 11 is 3.20. The van der Waals surface area contributed by atoms with Crippen LogP contribution >= 0.6 is 15.9 Å². The van der Waals surface area contributed by atoms with Gasteiger partial charge in [-0.25, -0.2) is 13.1 Å². The summed E-state index contributed by atoms with van der Waals surface area (Å²) in [5.74, 6) is -0.421. The number of ether oxygens (including phenoxy) is 1. The first-order chi connectivity index (χ1) is 7.02. The first kappa shape index (κ1) is 14.9. The van der Waals surface area contributed by atoms with Crippen LogP contribution in [-0.2, 0) is 19.6 Å².